The van der Waals surface area contributed by atoms with Crippen LogP contribution in [0.15, 0.2) is 0 Å². The van der Waals surface area contributed by atoms with Gasteiger partial charge in [0.05, 0.1) is 19.1 Å². The fraction of sp³-hybridized carbons (Fsp3) is 1.00. The highest BCUT2D eigenvalue weighted by atomic mass is 16.5. The first-order chi connectivity index (χ1) is 8.76. The molecule has 4 fully saturated rings. The van der Waals surface area contributed by atoms with E-state index in [9.17, 15) is 5.21 Å². The average Bonchev–Trinajstić information content (AvgIpc) is 2.38. The molecule has 2 bridgehead atoms. The van der Waals surface area contributed by atoms with Crippen molar-refractivity contribution in [2.75, 3.05) is 26.2 Å². The summed E-state index contributed by atoms with van der Waals surface area (Å²) in [5, 5.41) is 13.1. The molecule has 18 heavy (non-hydrogen) atoms. The third-order valence-corrected chi connectivity index (χ3v) is 6.26. The third-order valence-electron chi connectivity index (χ3n) is 6.26. The van der Waals surface area contributed by atoms with E-state index >= 15 is 0 Å². The second-order valence-electron chi connectivity index (χ2n) is 7.24. The molecule has 0 N–H and O–H groups in total. The highest BCUT2D eigenvalue weighted by Crippen LogP contribution is 2.45. The molecule has 0 aromatic carbocycles. The summed E-state index contributed by atoms with van der Waals surface area (Å²) in [6.07, 6.45) is 9.20. The molecule has 4 heterocycles. The standard InChI is InChI=1S/C15H26N2O/c18-17-8-4-2-6-15(17)12-9-13(11-17)14-5-1-3-7-16(14)10-12/h12-15H,1-11H2/t12-,13?,14-,15+,17?/m0/s1. The predicted octanol–water partition coefficient (Wildman–Crippen LogP) is 2.36. The lowest BCUT2D eigenvalue weighted by molar-refractivity contribution is -0.925. The second kappa shape index (κ2) is 4.19. The van der Waals surface area contributed by atoms with Gasteiger partial charge in [-0.25, -0.2) is 0 Å². The molecule has 4 saturated heterocycles. The Bertz CT molecular complexity index is 334. The molecule has 0 aromatic rings. The molecule has 0 saturated carbocycles. The van der Waals surface area contributed by atoms with Gasteiger partial charge in [-0.3, -0.25) is 4.90 Å². The summed E-state index contributed by atoms with van der Waals surface area (Å²) in [5.41, 5.74) is 0. The molecule has 4 aliphatic rings. The van der Waals surface area contributed by atoms with Crippen LogP contribution in [0.5, 0.6) is 0 Å². The smallest absolute Gasteiger partial charge is 0.0928 e. The molecule has 0 aromatic heterocycles. The number of hydroxylamine groups is 3. The quantitative estimate of drug-likeness (QED) is 0.487. The number of rotatable bonds is 0. The van der Waals surface area contributed by atoms with Crippen molar-refractivity contribution in [1.82, 2.24) is 4.90 Å². The minimum absolute atomic E-state index is 0.194. The fourth-order valence-corrected chi connectivity index (χ4v) is 5.55. The van der Waals surface area contributed by atoms with Gasteiger partial charge in [-0.1, -0.05) is 6.42 Å². The summed E-state index contributed by atoms with van der Waals surface area (Å²) in [5.74, 6) is 1.44. The topological polar surface area (TPSA) is 26.3 Å². The summed E-state index contributed by atoms with van der Waals surface area (Å²) in [4.78, 5) is 2.75. The van der Waals surface area contributed by atoms with Crippen LogP contribution >= 0.6 is 0 Å². The first kappa shape index (κ1) is 11.7. The lowest BCUT2D eigenvalue weighted by atomic mass is 9.70. The van der Waals surface area contributed by atoms with Crippen molar-refractivity contribution in [2.24, 2.45) is 11.8 Å². The van der Waals surface area contributed by atoms with Crippen LogP contribution in [0, 0.1) is 17.0 Å². The fourth-order valence-electron chi connectivity index (χ4n) is 5.55. The minimum atomic E-state index is 0.194. The van der Waals surface area contributed by atoms with Gasteiger partial charge in [-0.2, -0.15) is 0 Å². The van der Waals surface area contributed by atoms with Crippen molar-refractivity contribution < 1.29 is 4.65 Å². The average molecular weight is 250 g/mol. The van der Waals surface area contributed by atoms with Crippen LogP contribution in [0.1, 0.15) is 44.9 Å². The minimum Gasteiger partial charge on any atom is -0.633 e. The van der Waals surface area contributed by atoms with E-state index in [1.807, 2.05) is 0 Å². The van der Waals surface area contributed by atoms with Crippen molar-refractivity contribution in [3.8, 4) is 0 Å². The zero-order chi connectivity index (χ0) is 12.2. The van der Waals surface area contributed by atoms with E-state index in [1.165, 1.54) is 58.0 Å². The molecule has 0 aliphatic carbocycles. The molecule has 3 nitrogen and oxygen atoms in total. The SMILES string of the molecule is [O-][N+]12CCCC[C@@H]1[C@H]1CC(C2)[C@@H]2CCCCN2C1. The summed E-state index contributed by atoms with van der Waals surface area (Å²) in [7, 11) is 0. The molecular formula is C15H26N2O. The molecule has 0 radical (unpaired) electrons. The van der Waals surface area contributed by atoms with Crippen molar-refractivity contribution in [1.29, 1.82) is 0 Å². The summed E-state index contributed by atoms with van der Waals surface area (Å²) < 4.78 is 0.194. The summed E-state index contributed by atoms with van der Waals surface area (Å²) in [6.45, 7) is 4.42. The van der Waals surface area contributed by atoms with Gasteiger partial charge in [0.2, 0.25) is 0 Å². The van der Waals surface area contributed by atoms with Gasteiger partial charge in [-0.15, -0.1) is 0 Å². The number of quaternary nitrogens is 1. The van der Waals surface area contributed by atoms with Gasteiger partial charge in [0.25, 0.3) is 0 Å². The molecule has 4 aliphatic heterocycles. The van der Waals surface area contributed by atoms with Crippen LogP contribution in [-0.2, 0) is 0 Å². The highest BCUT2D eigenvalue weighted by Gasteiger charge is 2.51. The van der Waals surface area contributed by atoms with E-state index in [1.54, 1.807) is 0 Å². The Kier molecular flexibility index (Phi) is 2.72. The molecule has 102 valence electrons. The maximum absolute atomic E-state index is 13.1. The van der Waals surface area contributed by atoms with Crippen LogP contribution in [0.4, 0.5) is 0 Å². The van der Waals surface area contributed by atoms with Crippen LogP contribution in [-0.4, -0.2) is 47.8 Å². The maximum Gasteiger partial charge on any atom is 0.0928 e. The van der Waals surface area contributed by atoms with E-state index in [-0.39, 0.29) is 4.65 Å². The molecule has 4 rings (SSSR count). The Morgan fingerprint density at radius 3 is 2.83 bits per heavy atom. The number of hydrogen-bond acceptors (Lipinski definition) is 2. The van der Waals surface area contributed by atoms with Crippen LogP contribution in [0.2, 0.25) is 0 Å². The van der Waals surface area contributed by atoms with Gasteiger partial charge in [-0.05, 0) is 38.6 Å². The highest BCUT2D eigenvalue weighted by molar-refractivity contribution is 4.96. The van der Waals surface area contributed by atoms with Crippen molar-refractivity contribution >= 4 is 0 Å². The van der Waals surface area contributed by atoms with Gasteiger partial charge < -0.3 is 9.85 Å². The number of hydrogen-bond donors (Lipinski definition) is 0. The molecule has 5 atom stereocenters. The van der Waals surface area contributed by atoms with E-state index in [4.69, 9.17) is 0 Å². The van der Waals surface area contributed by atoms with Crippen LogP contribution in [0.3, 0.4) is 0 Å². The van der Waals surface area contributed by atoms with Gasteiger partial charge in [0.1, 0.15) is 0 Å². The summed E-state index contributed by atoms with van der Waals surface area (Å²) >= 11 is 0. The van der Waals surface area contributed by atoms with Crippen LogP contribution in [0.25, 0.3) is 0 Å². The Morgan fingerprint density at radius 2 is 1.89 bits per heavy atom. The van der Waals surface area contributed by atoms with Gasteiger partial charge >= 0.3 is 0 Å². The van der Waals surface area contributed by atoms with E-state index in [0.29, 0.717) is 6.04 Å². The zero-order valence-electron chi connectivity index (χ0n) is 11.4. The predicted molar refractivity (Wildman–Crippen MR) is 71.8 cm³/mol. The Morgan fingerprint density at radius 1 is 1.00 bits per heavy atom. The van der Waals surface area contributed by atoms with Crippen molar-refractivity contribution in [3.63, 3.8) is 0 Å². The normalized spacial score (nSPS) is 52.5. The van der Waals surface area contributed by atoms with Crippen molar-refractivity contribution in [3.05, 3.63) is 5.21 Å². The molecule has 0 spiro atoms. The maximum atomic E-state index is 13.1. The van der Waals surface area contributed by atoms with E-state index in [0.717, 1.165) is 31.0 Å². The molecule has 3 heteroatoms. The van der Waals surface area contributed by atoms with E-state index < -0.39 is 0 Å². The molecular weight excluding hydrogens is 224 g/mol. The third kappa shape index (κ3) is 1.67. The zero-order valence-corrected chi connectivity index (χ0v) is 11.4. The van der Waals surface area contributed by atoms with Crippen molar-refractivity contribution in [2.45, 2.75) is 57.0 Å². The number of piperidine rings is 4. The first-order valence-corrected chi connectivity index (χ1v) is 8.08. The number of fused-ring (bicyclic) bond motifs is 6. The van der Waals surface area contributed by atoms with Crippen LogP contribution < -0.4 is 0 Å². The summed E-state index contributed by atoms with van der Waals surface area (Å²) in [6, 6.07) is 1.22. The lowest BCUT2D eigenvalue weighted by Gasteiger charge is -2.63. The molecule has 0 amide bonds. The Labute approximate surface area is 110 Å². The van der Waals surface area contributed by atoms with E-state index in [2.05, 4.69) is 4.90 Å². The first-order valence-electron chi connectivity index (χ1n) is 8.08. The Hall–Kier alpha value is -0.120. The number of nitrogens with zero attached hydrogens (tertiary/aromatic N) is 2. The second-order valence-corrected chi connectivity index (χ2v) is 7.24. The van der Waals surface area contributed by atoms with Gasteiger partial charge in [0.15, 0.2) is 0 Å². The monoisotopic (exact) mass is 250 g/mol. The Balaban J connectivity index is 1.61. The lowest BCUT2D eigenvalue weighted by Crippen LogP contribution is -2.69. The van der Waals surface area contributed by atoms with Gasteiger partial charge in [0, 0.05) is 30.8 Å². The molecule has 2 unspecified atom stereocenters. The largest absolute Gasteiger partial charge is 0.633 e.